The minimum absolute atomic E-state index is 0.0194. The summed E-state index contributed by atoms with van der Waals surface area (Å²) in [5.41, 5.74) is 11.9. The molecule has 4 aromatic carbocycles. The van der Waals surface area contributed by atoms with E-state index in [1.54, 1.807) is 12.1 Å². The molecule has 244 valence electrons. The Hall–Kier alpha value is -4.32. The zero-order chi connectivity index (χ0) is 32.9. The van der Waals surface area contributed by atoms with Gasteiger partial charge in [0.2, 0.25) is 12.7 Å². The fourth-order valence-corrected chi connectivity index (χ4v) is 6.12. The molecule has 0 bridgehead atoms. The molecule has 47 heavy (non-hydrogen) atoms. The first-order valence-electron chi connectivity index (χ1n) is 15.2. The van der Waals surface area contributed by atoms with E-state index >= 15 is 0 Å². The lowest BCUT2D eigenvalue weighted by atomic mass is 10.0. The lowest BCUT2D eigenvalue weighted by molar-refractivity contribution is -0.118. The first-order valence-corrected chi connectivity index (χ1v) is 16.0. The van der Waals surface area contributed by atoms with Crippen molar-refractivity contribution in [1.29, 1.82) is 0 Å². The van der Waals surface area contributed by atoms with E-state index in [9.17, 15) is 15.0 Å². The largest absolute Gasteiger partial charge is 0.454 e. The first-order chi connectivity index (χ1) is 22.8. The number of nitrogens with one attached hydrogen (secondary N) is 1. The average Bonchev–Trinajstić information content (AvgIpc) is 3.68. The lowest BCUT2D eigenvalue weighted by Crippen LogP contribution is -2.29. The maximum atomic E-state index is 12.1. The van der Waals surface area contributed by atoms with Crippen LogP contribution in [0, 0.1) is 0 Å². The Morgan fingerprint density at radius 2 is 1.66 bits per heavy atom. The van der Waals surface area contributed by atoms with Crippen LogP contribution in [0.25, 0.3) is 22.4 Å². The predicted molar refractivity (Wildman–Crippen MR) is 183 cm³/mol. The monoisotopic (exact) mass is 675 g/mol. The zero-order valence-corrected chi connectivity index (χ0v) is 27.0. The summed E-state index contributed by atoms with van der Waals surface area (Å²) in [4.78, 5) is 19.1. The van der Waals surface area contributed by atoms with E-state index in [4.69, 9.17) is 43.4 Å². The van der Waals surface area contributed by atoms with Gasteiger partial charge >= 0.3 is 0 Å². The van der Waals surface area contributed by atoms with Crippen molar-refractivity contribution in [3.05, 3.63) is 106 Å². The number of hydrogen-bond acceptors (Lipinski definition) is 8. The van der Waals surface area contributed by atoms with Gasteiger partial charge in [-0.25, -0.2) is 4.98 Å². The summed E-state index contributed by atoms with van der Waals surface area (Å²) in [6, 6.07) is 24.9. The van der Waals surface area contributed by atoms with Crippen molar-refractivity contribution in [2.75, 3.05) is 38.0 Å². The van der Waals surface area contributed by atoms with Gasteiger partial charge in [-0.1, -0.05) is 41.4 Å². The number of nitrogens with two attached hydrogens (primary N) is 1. The third-order valence-electron chi connectivity index (χ3n) is 8.12. The quantitative estimate of drug-likeness (QED) is 0.125. The molecule has 1 unspecified atom stereocenters. The number of halogens is 2. The van der Waals surface area contributed by atoms with Crippen LogP contribution < -0.4 is 25.4 Å². The van der Waals surface area contributed by atoms with Gasteiger partial charge in [0.15, 0.2) is 11.5 Å². The van der Waals surface area contributed by atoms with Crippen molar-refractivity contribution in [2.45, 2.75) is 25.6 Å². The molecule has 0 aliphatic carbocycles. The number of primary amides is 1. The normalized spacial score (nSPS) is 12.9. The number of amides is 1. The van der Waals surface area contributed by atoms with Crippen LogP contribution in [0.1, 0.15) is 29.2 Å². The SMILES string of the molecule is NC(=O)CC(NCc1ccc(Cl)c(Cl)c1)c1ccc2c(c1)nc(-c1ccc(N(CCO)CCO)cc1)n2Cc1ccc2c(c1)OCO2. The zero-order valence-electron chi connectivity index (χ0n) is 25.5. The third kappa shape index (κ3) is 7.48. The van der Waals surface area contributed by atoms with E-state index in [2.05, 4.69) is 9.88 Å². The van der Waals surface area contributed by atoms with Crippen molar-refractivity contribution in [3.63, 3.8) is 0 Å². The van der Waals surface area contributed by atoms with E-state index in [1.165, 1.54) is 0 Å². The van der Waals surface area contributed by atoms with E-state index in [-0.39, 0.29) is 32.5 Å². The van der Waals surface area contributed by atoms with Gasteiger partial charge in [0, 0.05) is 49.9 Å². The van der Waals surface area contributed by atoms with Crippen LogP contribution in [0.3, 0.4) is 0 Å². The molecule has 1 aliphatic heterocycles. The molecule has 5 N–H and O–H groups in total. The number of imidazole rings is 1. The molecule has 2 heterocycles. The summed E-state index contributed by atoms with van der Waals surface area (Å²) in [5, 5.41) is 23.4. The summed E-state index contributed by atoms with van der Waals surface area (Å²) >= 11 is 12.3. The number of anilines is 1. The fourth-order valence-electron chi connectivity index (χ4n) is 5.80. The highest BCUT2D eigenvalue weighted by Gasteiger charge is 2.20. The second-order valence-electron chi connectivity index (χ2n) is 11.3. The van der Waals surface area contributed by atoms with Gasteiger partial charge in [0.25, 0.3) is 0 Å². The Morgan fingerprint density at radius 1 is 0.915 bits per heavy atom. The van der Waals surface area contributed by atoms with Crippen LogP contribution in [-0.2, 0) is 17.9 Å². The van der Waals surface area contributed by atoms with Gasteiger partial charge in [-0.15, -0.1) is 0 Å². The van der Waals surface area contributed by atoms with Crippen LogP contribution in [0.5, 0.6) is 11.5 Å². The topological polar surface area (TPSA) is 135 Å². The molecule has 12 heteroatoms. The molecule has 1 aliphatic rings. The van der Waals surface area contributed by atoms with Crippen molar-refractivity contribution in [1.82, 2.24) is 14.9 Å². The summed E-state index contributed by atoms with van der Waals surface area (Å²) < 4.78 is 13.3. The molecule has 5 aromatic rings. The summed E-state index contributed by atoms with van der Waals surface area (Å²) in [5.74, 6) is 1.75. The number of carbonyl (C=O) groups is 1. The predicted octanol–water partition coefficient (Wildman–Crippen LogP) is 5.28. The number of hydrogen-bond donors (Lipinski definition) is 4. The number of ether oxygens (including phenoxy) is 2. The highest BCUT2D eigenvalue weighted by molar-refractivity contribution is 6.42. The van der Waals surface area contributed by atoms with Gasteiger partial charge in [0.1, 0.15) is 5.82 Å². The molecule has 0 saturated carbocycles. The summed E-state index contributed by atoms with van der Waals surface area (Å²) in [6.07, 6.45) is 0.0945. The maximum absolute atomic E-state index is 12.1. The van der Waals surface area contributed by atoms with Gasteiger partial charge < -0.3 is 40.2 Å². The number of aliphatic hydroxyl groups is 2. The van der Waals surface area contributed by atoms with Crippen LogP contribution in [0.2, 0.25) is 10.0 Å². The van der Waals surface area contributed by atoms with Crippen molar-refractivity contribution in [2.24, 2.45) is 5.73 Å². The molecular weight excluding hydrogens is 641 g/mol. The molecule has 1 atom stereocenters. The molecule has 1 aromatic heterocycles. The molecule has 6 rings (SSSR count). The Labute approximate surface area is 282 Å². The highest BCUT2D eigenvalue weighted by Crippen LogP contribution is 2.35. The second kappa shape index (κ2) is 14.6. The fraction of sp³-hybridized carbons (Fsp3) is 0.257. The Morgan fingerprint density at radius 3 is 2.38 bits per heavy atom. The highest BCUT2D eigenvalue weighted by atomic mass is 35.5. The van der Waals surface area contributed by atoms with E-state index in [0.717, 1.165) is 44.8 Å². The van der Waals surface area contributed by atoms with Gasteiger partial charge in [-0.05, 0) is 77.4 Å². The Kier molecular flexibility index (Phi) is 10.1. The minimum atomic E-state index is -0.428. The molecule has 10 nitrogen and oxygen atoms in total. The standard InChI is InChI=1S/C35H35Cl2N5O5/c36-27-8-1-22(15-28(27)37)19-39-29(18-34(38)45)25-5-9-31-30(17-25)40-35(24-3-6-26(7-4-24)41(11-13-43)12-14-44)42(31)20-23-2-10-32-33(16-23)47-21-46-32/h1-10,15-17,29,39,43-44H,11-14,18-21H2,(H2,38,45). The number of carbonyl (C=O) groups excluding carboxylic acids is 1. The second-order valence-corrected chi connectivity index (χ2v) is 12.1. The molecule has 1 amide bonds. The summed E-state index contributed by atoms with van der Waals surface area (Å²) in [7, 11) is 0. The average molecular weight is 677 g/mol. The maximum Gasteiger partial charge on any atom is 0.231 e. The van der Waals surface area contributed by atoms with Crippen molar-refractivity contribution >= 4 is 45.8 Å². The molecule has 0 spiro atoms. The number of aromatic nitrogens is 2. The van der Waals surface area contributed by atoms with Gasteiger partial charge in [-0.3, -0.25) is 4.79 Å². The van der Waals surface area contributed by atoms with E-state index < -0.39 is 5.91 Å². The van der Waals surface area contributed by atoms with Crippen LogP contribution in [0.15, 0.2) is 78.9 Å². The molecule has 0 fully saturated rings. The van der Waals surface area contributed by atoms with Gasteiger partial charge in [0.05, 0.1) is 34.3 Å². The lowest BCUT2D eigenvalue weighted by Gasteiger charge is -2.23. The van der Waals surface area contributed by atoms with Crippen LogP contribution in [0.4, 0.5) is 5.69 Å². The number of benzene rings is 4. The molecular formula is C35H35Cl2N5O5. The summed E-state index contributed by atoms with van der Waals surface area (Å²) in [6.45, 7) is 1.95. The minimum Gasteiger partial charge on any atom is -0.454 e. The first kappa shape index (κ1) is 32.6. The number of fused-ring (bicyclic) bond motifs is 2. The van der Waals surface area contributed by atoms with Gasteiger partial charge in [-0.2, -0.15) is 0 Å². The van der Waals surface area contributed by atoms with Crippen molar-refractivity contribution in [3.8, 4) is 22.9 Å². The van der Waals surface area contributed by atoms with Crippen molar-refractivity contribution < 1.29 is 24.5 Å². The molecule has 0 radical (unpaired) electrons. The smallest absolute Gasteiger partial charge is 0.231 e. The Balaban J connectivity index is 1.37. The van der Waals surface area contributed by atoms with Crippen LogP contribution >= 0.6 is 23.2 Å². The number of aliphatic hydroxyl groups excluding tert-OH is 2. The van der Waals surface area contributed by atoms with E-state index in [0.29, 0.717) is 47.7 Å². The number of rotatable bonds is 14. The van der Waals surface area contributed by atoms with E-state index in [1.807, 2.05) is 71.6 Å². The Bertz CT molecular complexity index is 1880. The van der Waals surface area contributed by atoms with Crippen LogP contribution in [-0.4, -0.2) is 58.8 Å². The molecule has 0 saturated heterocycles. The number of nitrogens with zero attached hydrogens (tertiary/aromatic N) is 3. The third-order valence-corrected chi connectivity index (χ3v) is 8.86.